The predicted molar refractivity (Wildman–Crippen MR) is 106 cm³/mol. The highest BCUT2D eigenvalue weighted by atomic mass is 32.1. The van der Waals surface area contributed by atoms with Crippen LogP contribution in [0.1, 0.15) is 70.1 Å². The summed E-state index contributed by atoms with van der Waals surface area (Å²) < 4.78 is 10.9. The van der Waals surface area contributed by atoms with E-state index in [2.05, 4.69) is 15.1 Å². The lowest BCUT2D eigenvalue weighted by Crippen LogP contribution is -2.40. The van der Waals surface area contributed by atoms with Gasteiger partial charge < -0.3 is 14.2 Å². The second-order valence-corrected chi connectivity index (χ2v) is 9.08. The number of amides is 1. The van der Waals surface area contributed by atoms with Crippen LogP contribution >= 0.6 is 11.3 Å². The molecule has 1 atom stereocenters. The molecule has 1 unspecified atom stereocenters. The first-order chi connectivity index (χ1) is 13.6. The summed E-state index contributed by atoms with van der Waals surface area (Å²) in [6.07, 6.45) is 5.90. The van der Waals surface area contributed by atoms with E-state index in [9.17, 15) is 4.79 Å². The third kappa shape index (κ3) is 4.43. The van der Waals surface area contributed by atoms with E-state index < -0.39 is 0 Å². The van der Waals surface area contributed by atoms with Crippen LogP contribution in [0.5, 0.6) is 0 Å². The van der Waals surface area contributed by atoms with Gasteiger partial charge in [0.25, 0.3) is 5.91 Å². The zero-order chi connectivity index (χ0) is 19.5. The molecule has 0 aromatic carbocycles. The van der Waals surface area contributed by atoms with Gasteiger partial charge in [-0.15, -0.1) is 11.3 Å². The molecule has 0 aliphatic carbocycles. The van der Waals surface area contributed by atoms with Gasteiger partial charge in [0.2, 0.25) is 5.89 Å². The molecule has 0 spiro atoms. The lowest BCUT2D eigenvalue weighted by atomic mass is 9.93. The maximum atomic E-state index is 12.9. The van der Waals surface area contributed by atoms with E-state index in [1.165, 1.54) is 11.3 Å². The Morgan fingerprint density at radius 3 is 2.79 bits per heavy atom. The predicted octanol–water partition coefficient (Wildman–Crippen LogP) is 3.52. The Hall–Kier alpha value is -1.80. The lowest BCUT2D eigenvalue weighted by molar-refractivity contribution is 0.0672. The Kier molecular flexibility index (Phi) is 6.06. The summed E-state index contributed by atoms with van der Waals surface area (Å²) in [5, 5.41) is 5.13. The SMILES string of the molecule is Cc1nc(C)c(C(=O)N2CCCC(CCc3noc(C4CCOCC4)n3)C2)s1. The van der Waals surface area contributed by atoms with Gasteiger partial charge in [-0.1, -0.05) is 5.16 Å². The maximum Gasteiger partial charge on any atom is 0.265 e. The molecule has 1 amide bonds. The Morgan fingerprint density at radius 2 is 2.04 bits per heavy atom. The molecule has 2 fully saturated rings. The molecule has 8 heteroatoms. The monoisotopic (exact) mass is 404 g/mol. The Morgan fingerprint density at radius 1 is 1.21 bits per heavy atom. The molecular weight excluding hydrogens is 376 g/mol. The Balaban J connectivity index is 1.31. The molecule has 2 aliphatic heterocycles. The van der Waals surface area contributed by atoms with Crippen LogP contribution in [0.3, 0.4) is 0 Å². The smallest absolute Gasteiger partial charge is 0.265 e. The molecule has 7 nitrogen and oxygen atoms in total. The molecular formula is C20H28N4O3S. The van der Waals surface area contributed by atoms with Crippen molar-refractivity contribution in [2.24, 2.45) is 5.92 Å². The van der Waals surface area contributed by atoms with Crippen LogP contribution in [-0.2, 0) is 11.2 Å². The van der Waals surface area contributed by atoms with Crippen LogP contribution in [-0.4, -0.2) is 52.2 Å². The van der Waals surface area contributed by atoms with E-state index in [4.69, 9.17) is 9.26 Å². The van der Waals surface area contributed by atoms with E-state index >= 15 is 0 Å². The van der Waals surface area contributed by atoms with Crippen molar-refractivity contribution in [1.29, 1.82) is 0 Å². The summed E-state index contributed by atoms with van der Waals surface area (Å²) >= 11 is 1.50. The fourth-order valence-corrected chi connectivity index (χ4v) is 5.06. The van der Waals surface area contributed by atoms with Crippen LogP contribution in [0.15, 0.2) is 4.52 Å². The number of carbonyl (C=O) groups is 1. The molecule has 2 aromatic rings. The standard InChI is InChI=1S/C20H28N4O3S/c1-13-18(28-14(2)21-13)20(25)24-9-3-4-15(12-24)5-6-17-22-19(27-23-17)16-7-10-26-11-8-16/h15-16H,3-12H2,1-2H3. The van der Waals surface area contributed by atoms with Gasteiger partial charge in [-0.05, 0) is 51.9 Å². The molecule has 152 valence electrons. The van der Waals surface area contributed by atoms with Gasteiger partial charge in [0.1, 0.15) is 4.88 Å². The van der Waals surface area contributed by atoms with E-state index in [0.29, 0.717) is 11.8 Å². The third-order valence-electron chi connectivity index (χ3n) is 5.73. The molecule has 2 aromatic heterocycles. The average molecular weight is 405 g/mol. The average Bonchev–Trinajstić information content (AvgIpc) is 3.33. The zero-order valence-corrected chi connectivity index (χ0v) is 17.5. The van der Waals surface area contributed by atoms with Crippen molar-refractivity contribution in [2.75, 3.05) is 26.3 Å². The van der Waals surface area contributed by atoms with Crippen LogP contribution in [0.2, 0.25) is 0 Å². The number of carbonyl (C=O) groups excluding carboxylic acids is 1. The minimum absolute atomic E-state index is 0.133. The number of likely N-dealkylation sites (tertiary alicyclic amines) is 1. The van der Waals surface area contributed by atoms with Gasteiger partial charge >= 0.3 is 0 Å². The van der Waals surface area contributed by atoms with Gasteiger partial charge in [0, 0.05) is 38.6 Å². The second-order valence-electron chi connectivity index (χ2n) is 7.88. The molecule has 4 rings (SSSR count). The number of hydrogen-bond donors (Lipinski definition) is 0. The van der Waals surface area contributed by atoms with Crippen molar-refractivity contribution in [3.05, 3.63) is 27.3 Å². The minimum atomic E-state index is 0.133. The van der Waals surface area contributed by atoms with Gasteiger partial charge in [0.05, 0.1) is 10.7 Å². The molecule has 28 heavy (non-hydrogen) atoms. The topological polar surface area (TPSA) is 81.4 Å². The number of aryl methyl sites for hydroxylation is 3. The molecule has 2 saturated heterocycles. The Bertz CT molecular complexity index is 812. The van der Waals surface area contributed by atoms with Crippen LogP contribution in [0.25, 0.3) is 0 Å². The zero-order valence-electron chi connectivity index (χ0n) is 16.6. The molecule has 0 bridgehead atoms. The number of thiazole rings is 1. The van der Waals surface area contributed by atoms with Gasteiger partial charge in [-0.25, -0.2) is 4.98 Å². The first kappa shape index (κ1) is 19.5. The summed E-state index contributed by atoms with van der Waals surface area (Å²) in [4.78, 5) is 24.7. The lowest BCUT2D eigenvalue weighted by Gasteiger charge is -2.32. The molecule has 4 heterocycles. The first-order valence-electron chi connectivity index (χ1n) is 10.2. The normalized spacial score (nSPS) is 21.2. The van der Waals surface area contributed by atoms with Crippen molar-refractivity contribution in [1.82, 2.24) is 20.0 Å². The molecule has 0 radical (unpaired) electrons. The highest BCUT2D eigenvalue weighted by molar-refractivity contribution is 7.13. The number of rotatable bonds is 5. The maximum absolute atomic E-state index is 12.9. The van der Waals surface area contributed by atoms with Crippen molar-refractivity contribution < 1.29 is 14.1 Å². The summed E-state index contributed by atoms with van der Waals surface area (Å²) in [7, 11) is 0. The minimum Gasteiger partial charge on any atom is -0.381 e. The number of hydrogen-bond acceptors (Lipinski definition) is 7. The van der Waals surface area contributed by atoms with Crippen LogP contribution < -0.4 is 0 Å². The van der Waals surface area contributed by atoms with Gasteiger partial charge in [-0.3, -0.25) is 4.79 Å². The fraction of sp³-hybridized carbons (Fsp3) is 0.700. The molecule has 0 saturated carbocycles. The van der Waals surface area contributed by atoms with E-state index in [1.807, 2.05) is 18.7 Å². The number of nitrogens with zero attached hydrogens (tertiary/aromatic N) is 4. The van der Waals surface area contributed by atoms with Crippen LogP contribution in [0, 0.1) is 19.8 Å². The number of aromatic nitrogens is 3. The second kappa shape index (κ2) is 8.69. The van der Waals surface area contributed by atoms with Crippen molar-refractivity contribution in [3.8, 4) is 0 Å². The summed E-state index contributed by atoms with van der Waals surface area (Å²) in [6.45, 7) is 7.05. The fourth-order valence-electron chi connectivity index (χ4n) is 4.17. The first-order valence-corrected chi connectivity index (χ1v) is 11.1. The van der Waals surface area contributed by atoms with E-state index in [0.717, 1.165) is 92.1 Å². The largest absolute Gasteiger partial charge is 0.381 e. The van der Waals surface area contributed by atoms with Crippen molar-refractivity contribution in [2.45, 2.75) is 58.3 Å². The summed E-state index contributed by atoms with van der Waals surface area (Å²) in [5.41, 5.74) is 0.849. The quantitative estimate of drug-likeness (QED) is 0.758. The highest BCUT2D eigenvalue weighted by Gasteiger charge is 2.27. The van der Waals surface area contributed by atoms with E-state index in [-0.39, 0.29) is 5.91 Å². The van der Waals surface area contributed by atoms with E-state index in [1.54, 1.807) is 0 Å². The summed E-state index contributed by atoms with van der Waals surface area (Å²) in [5.74, 6) is 2.50. The molecule has 0 N–H and O–H groups in total. The van der Waals surface area contributed by atoms with Crippen LogP contribution in [0.4, 0.5) is 0 Å². The van der Waals surface area contributed by atoms with Gasteiger partial charge in [-0.2, -0.15) is 4.98 Å². The summed E-state index contributed by atoms with van der Waals surface area (Å²) in [6, 6.07) is 0. The number of piperidine rings is 1. The Labute approximate surface area is 169 Å². The van der Waals surface area contributed by atoms with Crippen molar-refractivity contribution >= 4 is 17.2 Å². The van der Waals surface area contributed by atoms with Gasteiger partial charge in [0.15, 0.2) is 5.82 Å². The highest BCUT2D eigenvalue weighted by Crippen LogP contribution is 2.27. The molecule has 2 aliphatic rings. The van der Waals surface area contributed by atoms with Crippen molar-refractivity contribution in [3.63, 3.8) is 0 Å². The third-order valence-corrected chi connectivity index (χ3v) is 6.80. The number of ether oxygens (including phenoxy) is 1.